The van der Waals surface area contributed by atoms with Crippen LogP contribution in [0.25, 0.3) is 5.57 Å². The van der Waals surface area contributed by atoms with E-state index in [1.165, 1.54) is 27.8 Å². The lowest BCUT2D eigenvalue weighted by molar-refractivity contribution is -0.141. The third-order valence-corrected chi connectivity index (χ3v) is 7.57. The summed E-state index contributed by atoms with van der Waals surface area (Å²) in [6.45, 7) is 2.08. The van der Waals surface area contributed by atoms with Crippen LogP contribution in [0.1, 0.15) is 53.8 Å². The van der Waals surface area contributed by atoms with Gasteiger partial charge >= 0.3 is 5.97 Å². The fourth-order valence-corrected chi connectivity index (χ4v) is 5.54. The molecule has 0 saturated heterocycles. The quantitative estimate of drug-likeness (QED) is 0.561. The zero-order valence-electron chi connectivity index (χ0n) is 16.2. The van der Waals surface area contributed by atoms with Crippen molar-refractivity contribution >= 4 is 34.8 Å². The summed E-state index contributed by atoms with van der Waals surface area (Å²) in [4.78, 5) is 13.9. The number of aryl methyl sites for hydroxylation is 1. The molecule has 0 spiro atoms. The van der Waals surface area contributed by atoms with Crippen LogP contribution in [0.2, 0.25) is 0 Å². The van der Waals surface area contributed by atoms with Crippen molar-refractivity contribution in [3.63, 3.8) is 0 Å². The van der Waals surface area contributed by atoms with Crippen molar-refractivity contribution in [2.45, 2.75) is 51.9 Å². The molecule has 4 N–H and O–H groups in total. The van der Waals surface area contributed by atoms with Gasteiger partial charge in [-0.1, -0.05) is 29.9 Å². The second kappa shape index (κ2) is 7.21. The van der Waals surface area contributed by atoms with E-state index in [1.54, 1.807) is 11.3 Å². The van der Waals surface area contributed by atoms with Gasteiger partial charge in [-0.25, -0.2) is 0 Å². The van der Waals surface area contributed by atoms with Crippen molar-refractivity contribution < 1.29 is 9.90 Å². The van der Waals surface area contributed by atoms with Crippen molar-refractivity contribution in [2.24, 2.45) is 5.41 Å². The van der Waals surface area contributed by atoms with Crippen LogP contribution < -0.4 is 5.73 Å². The largest absolute Gasteiger partial charge is 0.481 e. The molecule has 28 heavy (non-hydrogen) atoms. The third kappa shape index (κ3) is 3.18. The molecule has 0 amide bonds. The first-order chi connectivity index (χ1) is 13.5. The molecule has 4 nitrogen and oxygen atoms in total. The summed E-state index contributed by atoms with van der Waals surface area (Å²) in [6, 6.07) is 0. The minimum Gasteiger partial charge on any atom is -0.481 e. The van der Waals surface area contributed by atoms with Gasteiger partial charge in [-0.2, -0.15) is 0 Å². The van der Waals surface area contributed by atoms with Gasteiger partial charge in [0.05, 0.1) is 16.0 Å². The van der Waals surface area contributed by atoms with E-state index in [4.69, 9.17) is 11.1 Å². The van der Waals surface area contributed by atoms with E-state index in [1.807, 2.05) is 0 Å². The third-order valence-electron chi connectivity index (χ3n) is 6.33. The number of hydrogen-bond donors (Lipinski definition) is 3. The van der Waals surface area contributed by atoms with Gasteiger partial charge < -0.3 is 16.2 Å². The van der Waals surface area contributed by atoms with Gasteiger partial charge in [0.25, 0.3) is 0 Å². The molecule has 1 heterocycles. The Labute approximate surface area is 169 Å². The molecule has 0 atom stereocenters. The summed E-state index contributed by atoms with van der Waals surface area (Å²) in [5.41, 5.74) is 12.8. The first kappa shape index (κ1) is 18.9. The molecule has 1 saturated carbocycles. The standard InChI is InChI=1S/C23H26N2O2S/c1-14-19(10-13-24)20(25)21(28-14)17-4-2-15(3-5-17)16-6-8-18(9-7-16)23(11-12-23)22(26)27/h2,4,6,8,13,24H,3,5,7,9-12,25H2,1H3,(H,26,27). The van der Waals surface area contributed by atoms with Crippen LogP contribution in [0.15, 0.2) is 41.0 Å². The maximum Gasteiger partial charge on any atom is 0.313 e. The second-order valence-corrected chi connectivity index (χ2v) is 9.17. The van der Waals surface area contributed by atoms with Crippen molar-refractivity contribution in [1.29, 1.82) is 5.41 Å². The SMILES string of the molecule is Cc1sc(C2=CC=C(C3=CC=C(C4(C(=O)O)CC4)CC3)CC2)c(N)c1CC=N. The number of allylic oxidation sites excluding steroid dienone is 7. The number of carboxylic acids is 1. The summed E-state index contributed by atoms with van der Waals surface area (Å²) in [6.07, 6.45) is 15.9. The van der Waals surface area contributed by atoms with Crippen molar-refractivity contribution in [3.05, 3.63) is 56.3 Å². The lowest BCUT2D eigenvalue weighted by Crippen LogP contribution is -2.18. The van der Waals surface area contributed by atoms with Crippen LogP contribution in [0, 0.1) is 17.7 Å². The number of aliphatic carboxylic acids is 1. The summed E-state index contributed by atoms with van der Waals surface area (Å²) < 4.78 is 0. The van der Waals surface area contributed by atoms with Gasteiger partial charge in [-0.15, -0.1) is 11.3 Å². The van der Waals surface area contributed by atoms with Gasteiger partial charge in [-0.05, 0) is 73.9 Å². The molecule has 3 aliphatic rings. The maximum atomic E-state index is 11.5. The Bertz CT molecular complexity index is 971. The summed E-state index contributed by atoms with van der Waals surface area (Å²) in [5, 5.41) is 16.8. The van der Waals surface area contributed by atoms with Crippen LogP contribution in [-0.2, 0) is 11.2 Å². The molecule has 4 rings (SSSR count). The molecule has 0 aromatic carbocycles. The Hall–Kier alpha value is -2.40. The first-order valence-corrected chi connectivity index (χ1v) is 10.7. The van der Waals surface area contributed by atoms with Gasteiger partial charge in [0.1, 0.15) is 0 Å². The molecule has 1 aromatic heterocycles. The van der Waals surface area contributed by atoms with Gasteiger partial charge in [0.2, 0.25) is 0 Å². The highest BCUT2D eigenvalue weighted by atomic mass is 32.1. The average Bonchev–Trinajstić information content (AvgIpc) is 3.47. The highest BCUT2D eigenvalue weighted by Gasteiger charge is 2.52. The van der Waals surface area contributed by atoms with E-state index in [0.717, 1.165) is 60.2 Å². The molecular formula is C23H26N2O2S. The highest BCUT2D eigenvalue weighted by molar-refractivity contribution is 7.13. The Balaban J connectivity index is 1.55. The van der Waals surface area contributed by atoms with E-state index in [-0.39, 0.29) is 0 Å². The zero-order chi connectivity index (χ0) is 19.9. The van der Waals surface area contributed by atoms with Crippen LogP contribution in [0.4, 0.5) is 5.69 Å². The van der Waals surface area contributed by atoms with Gasteiger partial charge in [-0.3, -0.25) is 4.79 Å². The zero-order valence-corrected chi connectivity index (χ0v) is 17.0. The van der Waals surface area contributed by atoms with Crippen LogP contribution in [0.3, 0.4) is 0 Å². The van der Waals surface area contributed by atoms with Crippen molar-refractivity contribution in [3.8, 4) is 0 Å². The molecule has 1 fully saturated rings. The van der Waals surface area contributed by atoms with Crippen LogP contribution in [-0.4, -0.2) is 17.3 Å². The molecule has 5 heteroatoms. The summed E-state index contributed by atoms with van der Waals surface area (Å²) in [7, 11) is 0. The Morgan fingerprint density at radius 3 is 2.25 bits per heavy atom. The maximum absolute atomic E-state index is 11.5. The van der Waals surface area contributed by atoms with Crippen LogP contribution >= 0.6 is 11.3 Å². The van der Waals surface area contributed by atoms with E-state index < -0.39 is 11.4 Å². The van der Waals surface area contributed by atoms with Crippen LogP contribution in [0.5, 0.6) is 0 Å². The number of nitrogens with one attached hydrogen (secondary N) is 1. The van der Waals surface area contributed by atoms with Crippen molar-refractivity contribution in [2.75, 3.05) is 5.73 Å². The van der Waals surface area contributed by atoms with E-state index in [0.29, 0.717) is 6.42 Å². The topological polar surface area (TPSA) is 87.2 Å². The summed E-state index contributed by atoms with van der Waals surface area (Å²) in [5.74, 6) is -0.661. The molecule has 1 aromatic rings. The molecular weight excluding hydrogens is 368 g/mol. The Kier molecular flexibility index (Phi) is 4.88. The first-order valence-electron chi connectivity index (χ1n) is 9.87. The Morgan fingerprint density at radius 1 is 1.14 bits per heavy atom. The molecule has 0 unspecified atom stereocenters. The second-order valence-electron chi connectivity index (χ2n) is 7.94. The van der Waals surface area contributed by atoms with Crippen molar-refractivity contribution in [1.82, 2.24) is 0 Å². The smallest absolute Gasteiger partial charge is 0.313 e. The van der Waals surface area contributed by atoms with Gasteiger partial charge in [0, 0.05) is 11.3 Å². The lowest BCUT2D eigenvalue weighted by atomic mass is 9.82. The lowest BCUT2D eigenvalue weighted by Gasteiger charge is -2.23. The molecule has 3 aliphatic carbocycles. The number of carboxylic acid groups (broad SMARTS) is 1. The fraction of sp³-hybridized carbons (Fsp3) is 0.391. The Morgan fingerprint density at radius 2 is 1.75 bits per heavy atom. The van der Waals surface area contributed by atoms with E-state index >= 15 is 0 Å². The monoisotopic (exact) mass is 394 g/mol. The number of nitrogens with two attached hydrogens (primary N) is 1. The fourth-order valence-electron chi connectivity index (χ4n) is 4.39. The normalized spacial score (nSPS) is 20.6. The predicted molar refractivity (Wildman–Crippen MR) is 116 cm³/mol. The number of carbonyl (C=O) groups is 1. The number of thiophene rings is 1. The molecule has 0 aliphatic heterocycles. The minimum absolute atomic E-state index is 0.557. The highest BCUT2D eigenvalue weighted by Crippen LogP contribution is 2.54. The molecule has 0 radical (unpaired) electrons. The average molecular weight is 395 g/mol. The number of hydrogen-bond acceptors (Lipinski definition) is 4. The minimum atomic E-state index is -0.661. The number of rotatable bonds is 6. The van der Waals surface area contributed by atoms with Gasteiger partial charge in [0.15, 0.2) is 0 Å². The predicted octanol–water partition coefficient (Wildman–Crippen LogP) is 5.45. The number of nitrogen functional groups attached to an aromatic ring is 1. The summed E-state index contributed by atoms with van der Waals surface area (Å²) >= 11 is 1.73. The van der Waals surface area contributed by atoms with E-state index in [9.17, 15) is 9.90 Å². The van der Waals surface area contributed by atoms with E-state index in [2.05, 4.69) is 31.2 Å². The number of anilines is 1. The molecule has 0 bridgehead atoms. The molecule has 146 valence electrons.